The Hall–Kier alpha value is -4.05. The summed E-state index contributed by atoms with van der Waals surface area (Å²) in [5, 5.41) is 10.8. The van der Waals surface area contributed by atoms with Crippen LogP contribution in [0.3, 0.4) is 0 Å². The number of nitrogens with zero attached hydrogens (tertiary/aromatic N) is 3. The van der Waals surface area contributed by atoms with Crippen LogP contribution in [0.2, 0.25) is 0 Å². The predicted molar refractivity (Wildman–Crippen MR) is 126 cm³/mol. The van der Waals surface area contributed by atoms with Crippen molar-refractivity contribution in [2.75, 3.05) is 11.9 Å². The molecule has 1 fully saturated rings. The highest BCUT2D eigenvalue weighted by atomic mass is 32.1. The Morgan fingerprint density at radius 2 is 1.91 bits per heavy atom. The summed E-state index contributed by atoms with van der Waals surface area (Å²) < 4.78 is 15.0. The highest BCUT2D eigenvalue weighted by Gasteiger charge is 2.28. The molecule has 0 bridgehead atoms. The van der Waals surface area contributed by atoms with Crippen LogP contribution < -0.4 is 10.6 Å². The van der Waals surface area contributed by atoms with E-state index in [0.29, 0.717) is 17.1 Å². The van der Waals surface area contributed by atoms with Gasteiger partial charge in [-0.05, 0) is 48.4 Å². The molecule has 0 unspecified atom stereocenters. The number of hydrogen-bond donors (Lipinski definition) is 2. The highest BCUT2D eigenvalue weighted by molar-refractivity contribution is 7.20. The van der Waals surface area contributed by atoms with Crippen molar-refractivity contribution in [2.45, 2.75) is 20.0 Å². The molecular formula is C24H20FN5O3S. The Kier molecular flexibility index (Phi) is 5.58. The summed E-state index contributed by atoms with van der Waals surface area (Å²) in [7, 11) is 0. The van der Waals surface area contributed by atoms with Crippen molar-refractivity contribution in [1.82, 2.24) is 20.0 Å². The van der Waals surface area contributed by atoms with Gasteiger partial charge in [0.25, 0.3) is 5.91 Å². The van der Waals surface area contributed by atoms with Crippen LogP contribution >= 0.6 is 11.3 Å². The van der Waals surface area contributed by atoms with E-state index in [1.165, 1.54) is 23.5 Å². The van der Waals surface area contributed by atoms with Crippen molar-refractivity contribution < 1.29 is 18.8 Å². The van der Waals surface area contributed by atoms with Crippen LogP contribution in [-0.2, 0) is 17.9 Å². The van der Waals surface area contributed by atoms with E-state index in [4.69, 9.17) is 0 Å². The predicted octanol–water partition coefficient (Wildman–Crippen LogP) is 3.90. The van der Waals surface area contributed by atoms with Crippen molar-refractivity contribution >= 4 is 45.1 Å². The number of carbonyl (C=O) groups excluding carboxylic acids is 3. The second-order valence-corrected chi connectivity index (χ2v) is 9.02. The van der Waals surface area contributed by atoms with Crippen LogP contribution in [0.4, 0.5) is 14.9 Å². The van der Waals surface area contributed by atoms with Crippen molar-refractivity contribution in [1.29, 1.82) is 0 Å². The number of hydrogen-bond acceptors (Lipinski definition) is 5. The molecule has 2 aromatic heterocycles. The monoisotopic (exact) mass is 477 g/mol. The van der Waals surface area contributed by atoms with Gasteiger partial charge in [0.05, 0.1) is 30.2 Å². The van der Waals surface area contributed by atoms with E-state index in [0.717, 1.165) is 31.9 Å². The average molecular weight is 478 g/mol. The number of rotatable bonds is 6. The van der Waals surface area contributed by atoms with Gasteiger partial charge in [-0.15, -0.1) is 11.3 Å². The van der Waals surface area contributed by atoms with E-state index in [9.17, 15) is 18.8 Å². The fraction of sp³-hybridized carbons (Fsp3) is 0.167. The van der Waals surface area contributed by atoms with Gasteiger partial charge in [-0.25, -0.2) is 9.18 Å². The lowest BCUT2D eigenvalue weighted by molar-refractivity contribution is -0.125. The first-order valence-corrected chi connectivity index (χ1v) is 11.4. The molecule has 1 aliphatic heterocycles. The fourth-order valence-corrected chi connectivity index (χ4v) is 4.89. The first-order chi connectivity index (χ1) is 16.4. The minimum atomic E-state index is -0.422. The summed E-state index contributed by atoms with van der Waals surface area (Å²) in [4.78, 5) is 39.1. The lowest BCUT2D eigenvalue weighted by Crippen LogP contribution is -2.30. The molecule has 5 rings (SSSR count). The normalized spacial score (nSPS) is 13.5. The first-order valence-electron chi connectivity index (χ1n) is 10.6. The minimum absolute atomic E-state index is 0.000791. The van der Waals surface area contributed by atoms with Crippen LogP contribution in [0.15, 0.2) is 54.6 Å². The average Bonchev–Trinajstić information content (AvgIpc) is 3.47. The zero-order valence-electron chi connectivity index (χ0n) is 18.2. The molecule has 0 radical (unpaired) electrons. The molecule has 34 heavy (non-hydrogen) atoms. The second-order valence-electron chi connectivity index (χ2n) is 7.99. The summed E-state index contributed by atoms with van der Waals surface area (Å²) in [6.07, 6.45) is 0. The zero-order chi connectivity index (χ0) is 23.8. The summed E-state index contributed by atoms with van der Waals surface area (Å²) in [5.41, 5.74) is 3.01. The van der Waals surface area contributed by atoms with Crippen LogP contribution in [0, 0.1) is 12.7 Å². The summed E-state index contributed by atoms with van der Waals surface area (Å²) >= 11 is 1.33. The fourth-order valence-electron chi connectivity index (χ4n) is 3.83. The minimum Gasteiger partial charge on any atom is -0.329 e. The number of aryl methyl sites for hydroxylation is 1. The molecule has 8 nitrogen and oxygen atoms in total. The van der Waals surface area contributed by atoms with Crippen LogP contribution in [0.25, 0.3) is 10.2 Å². The molecule has 4 aromatic rings. The number of anilines is 1. The third kappa shape index (κ3) is 4.27. The molecule has 0 aliphatic carbocycles. The molecule has 0 atom stereocenters. The number of benzene rings is 2. The van der Waals surface area contributed by atoms with Crippen molar-refractivity contribution in [3.8, 4) is 0 Å². The smallest absolute Gasteiger partial charge is 0.324 e. The number of halogens is 1. The molecule has 1 saturated heterocycles. The lowest BCUT2D eigenvalue weighted by Gasteiger charge is -2.13. The summed E-state index contributed by atoms with van der Waals surface area (Å²) in [6, 6.07) is 14.7. The van der Waals surface area contributed by atoms with Crippen LogP contribution in [0.1, 0.15) is 26.5 Å². The second kappa shape index (κ2) is 8.71. The number of carbonyl (C=O) groups is 3. The molecule has 172 valence electrons. The number of imide groups is 1. The van der Waals surface area contributed by atoms with Crippen molar-refractivity contribution in [2.24, 2.45) is 0 Å². The molecule has 4 amide bonds. The maximum absolute atomic E-state index is 13.2. The number of aromatic nitrogens is 2. The molecule has 3 heterocycles. The molecule has 0 spiro atoms. The molecule has 2 N–H and O–H groups in total. The van der Waals surface area contributed by atoms with E-state index in [1.54, 1.807) is 36.4 Å². The number of fused-ring (bicyclic) bond motifs is 1. The Morgan fingerprint density at radius 1 is 1.12 bits per heavy atom. The highest BCUT2D eigenvalue weighted by Crippen LogP contribution is 2.29. The molecular weight excluding hydrogens is 457 g/mol. The summed E-state index contributed by atoms with van der Waals surface area (Å²) in [5.74, 6) is -0.837. The summed E-state index contributed by atoms with van der Waals surface area (Å²) in [6.45, 7) is 2.49. The molecule has 10 heteroatoms. The SMILES string of the molecule is Cc1nn(Cc2ccc(F)cc2)c2sc(C(=O)Nc3cccc(CN4C(=O)CNC4=O)c3)cc12. The van der Waals surface area contributed by atoms with Gasteiger partial charge >= 0.3 is 6.03 Å². The third-order valence-electron chi connectivity index (χ3n) is 5.54. The maximum Gasteiger partial charge on any atom is 0.324 e. The molecule has 0 saturated carbocycles. The Balaban J connectivity index is 1.33. The number of nitrogens with one attached hydrogen (secondary N) is 2. The lowest BCUT2D eigenvalue weighted by atomic mass is 10.2. The topological polar surface area (TPSA) is 96.3 Å². The van der Waals surface area contributed by atoms with Gasteiger partial charge in [-0.1, -0.05) is 24.3 Å². The van der Waals surface area contributed by atoms with E-state index >= 15 is 0 Å². The van der Waals surface area contributed by atoms with Gasteiger partial charge < -0.3 is 10.6 Å². The van der Waals surface area contributed by atoms with Gasteiger partial charge in [0.1, 0.15) is 10.6 Å². The van der Waals surface area contributed by atoms with Gasteiger partial charge in [0.2, 0.25) is 5.91 Å². The zero-order valence-corrected chi connectivity index (χ0v) is 19.0. The van der Waals surface area contributed by atoms with Gasteiger partial charge in [0, 0.05) is 11.1 Å². The van der Waals surface area contributed by atoms with Crippen molar-refractivity contribution in [3.05, 3.63) is 82.1 Å². The van der Waals surface area contributed by atoms with Crippen LogP contribution in [-0.4, -0.2) is 39.1 Å². The molecule has 2 aromatic carbocycles. The Bertz CT molecular complexity index is 1410. The van der Waals surface area contributed by atoms with Gasteiger partial charge in [0.15, 0.2) is 0 Å². The Morgan fingerprint density at radius 3 is 2.65 bits per heavy atom. The van der Waals surface area contributed by atoms with Gasteiger partial charge in [-0.2, -0.15) is 5.10 Å². The molecule has 1 aliphatic rings. The first kappa shape index (κ1) is 21.8. The largest absolute Gasteiger partial charge is 0.329 e. The van der Waals surface area contributed by atoms with Crippen molar-refractivity contribution in [3.63, 3.8) is 0 Å². The van der Waals surface area contributed by atoms with Crippen LogP contribution in [0.5, 0.6) is 0 Å². The Labute approximate surface area is 198 Å². The number of amides is 4. The third-order valence-corrected chi connectivity index (χ3v) is 6.69. The maximum atomic E-state index is 13.2. The standard InChI is InChI=1S/C24H20FN5O3S/c1-14-19-10-20(34-23(19)30(28-14)13-15-5-7-17(25)8-6-15)22(32)27-18-4-2-3-16(9-18)12-29-21(31)11-26-24(29)33/h2-10H,11-13H2,1H3,(H,26,33)(H,27,32). The van der Waals surface area contributed by atoms with E-state index in [-0.39, 0.29) is 30.7 Å². The number of urea groups is 1. The van der Waals surface area contributed by atoms with Gasteiger partial charge in [-0.3, -0.25) is 19.2 Å². The quantitative estimate of drug-likeness (QED) is 0.412. The number of thiophene rings is 1. The van der Waals surface area contributed by atoms with E-state index < -0.39 is 6.03 Å². The van der Waals surface area contributed by atoms with E-state index in [2.05, 4.69) is 15.7 Å². The van der Waals surface area contributed by atoms with E-state index in [1.807, 2.05) is 17.7 Å².